The number of halogens is 1. The highest BCUT2D eigenvalue weighted by Gasteiger charge is 2.10. The Morgan fingerprint density at radius 3 is 1.78 bits per heavy atom. The van der Waals surface area contributed by atoms with Crippen molar-refractivity contribution in [1.29, 1.82) is 0 Å². The minimum atomic E-state index is -3.37. The number of alkyl halides is 1. The molecule has 0 aliphatic heterocycles. The summed E-state index contributed by atoms with van der Waals surface area (Å²) in [5.41, 5.74) is 0. The second kappa shape index (κ2) is 18.1. The van der Waals surface area contributed by atoms with Gasteiger partial charge in [-0.2, -0.15) is 8.42 Å². The average molecular weight is 356 g/mol. The van der Waals surface area contributed by atoms with Crippen LogP contribution in [0.2, 0.25) is 0 Å². The maximum Gasteiger partial charge on any atom is 0.267 e. The summed E-state index contributed by atoms with van der Waals surface area (Å²) < 4.78 is 40.1. The van der Waals surface area contributed by atoms with E-state index in [2.05, 4.69) is 6.92 Å². The molecule has 0 fully saturated rings. The molecule has 23 heavy (non-hydrogen) atoms. The Morgan fingerprint density at radius 2 is 1.22 bits per heavy atom. The topological polar surface area (TPSA) is 78.4 Å². The molecule has 0 amide bonds. The Bertz CT molecular complexity index is 324. The predicted molar refractivity (Wildman–Crippen MR) is 96.4 cm³/mol. The van der Waals surface area contributed by atoms with Crippen molar-refractivity contribution in [2.45, 2.75) is 90.4 Å². The third-order valence-electron chi connectivity index (χ3n) is 3.79. The van der Waals surface area contributed by atoms with Crippen LogP contribution >= 0.6 is 0 Å². The molecule has 0 aromatic rings. The van der Waals surface area contributed by atoms with Gasteiger partial charge < -0.3 is 6.15 Å². The average Bonchev–Trinajstić information content (AvgIpc) is 2.49. The normalized spacial score (nSPS) is 11.4. The number of rotatable bonds is 17. The molecule has 0 heterocycles. The summed E-state index contributed by atoms with van der Waals surface area (Å²) in [5.74, 6) is 0.0662. The van der Waals surface area contributed by atoms with E-state index in [1.54, 1.807) is 0 Å². The van der Waals surface area contributed by atoms with E-state index in [9.17, 15) is 12.8 Å². The highest BCUT2D eigenvalue weighted by atomic mass is 32.2. The van der Waals surface area contributed by atoms with Gasteiger partial charge in [-0.05, 0) is 19.3 Å². The van der Waals surface area contributed by atoms with Crippen LogP contribution in [0.25, 0.3) is 0 Å². The first-order valence-corrected chi connectivity index (χ1v) is 10.6. The van der Waals surface area contributed by atoms with Gasteiger partial charge in [0.25, 0.3) is 10.1 Å². The number of hydrogen-bond acceptors (Lipinski definition) is 4. The van der Waals surface area contributed by atoms with Crippen LogP contribution in [0.3, 0.4) is 0 Å². The van der Waals surface area contributed by atoms with Crippen molar-refractivity contribution in [3.8, 4) is 0 Å². The molecule has 0 aromatic heterocycles. The van der Waals surface area contributed by atoms with Gasteiger partial charge in [-0.3, -0.25) is 8.57 Å². The fourth-order valence-corrected chi connectivity index (χ4v) is 3.43. The Labute approximate surface area is 143 Å². The summed E-state index contributed by atoms with van der Waals surface area (Å²) >= 11 is 0. The molecule has 0 saturated heterocycles. The quantitative estimate of drug-likeness (QED) is 0.274. The molecule has 3 N–H and O–H groups in total. The van der Waals surface area contributed by atoms with Crippen molar-refractivity contribution in [2.24, 2.45) is 0 Å². The lowest BCUT2D eigenvalue weighted by Crippen LogP contribution is -2.11. The molecule has 0 radical (unpaired) electrons. The van der Waals surface area contributed by atoms with Crippen molar-refractivity contribution < 1.29 is 17.0 Å². The predicted octanol–water partition coefficient (Wildman–Crippen LogP) is 5.56. The van der Waals surface area contributed by atoms with Gasteiger partial charge in [-0.25, -0.2) is 0 Å². The second-order valence-electron chi connectivity index (χ2n) is 6.02. The zero-order valence-corrected chi connectivity index (χ0v) is 15.8. The van der Waals surface area contributed by atoms with Gasteiger partial charge in [-0.15, -0.1) is 0 Å². The molecule has 0 aliphatic rings. The number of hydrogen-bond donors (Lipinski definition) is 1. The molecule has 0 unspecified atom stereocenters. The van der Waals surface area contributed by atoms with Crippen molar-refractivity contribution in [3.63, 3.8) is 0 Å². The van der Waals surface area contributed by atoms with E-state index in [0.29, 0.717) is 19.4 Å². The summed E-state index contributed by atoms with van der Waals surface area (Å²) in [7, 11) is -3.37. The third kappa shape index (κ3) is 19.8. The van der Waals surface area contributed by atoms with E-state index >= 15 is 0 Å². The maximum atomic E-state index is 11.9. The summed E-state index contributed by atoms with van der Waals surface area (Å²) in [4.78, 5) is 0. The molecule has 142 valence electrons. The van der Waals surface area contributed by atoms with Crippen LogP contribution in [0.15, 0.2) is 0 Å². The molecule has 0 rings (SSSR count). The van der Waals surface area contributed by atoms with E-state index in [4.69, 9.17) is 4.18 Å². The molecule has 4 nitrogen and oxygen atoms in total. The fourth-order valence-electron chi connectivity index (χ4n) is 2.38. The molecule has 0 spiro atoms. The Kier molecular flexibility index (Phi) is 19.8. The van der Waals surface area contributed by atoms with Gasteiger partial charge in [0.15, 0.2) is 0 Å². The van der Waals surface area contributed by atoms with Crippen LogP contribution < -0.4 is 6.15 Å². The first kappa shape index (κ1) is 25.0. The van der Waals surface area contributed by atoms with E-state index in [-0.39, 0.29) is 18.6 Å². The highest BCUT2D eigenvalue weighted by molar-refractivity contribution is 7.86. The smallest absolute Gasteiger partial charge is 0.267 e. The van der Waals surface area contributed by atoms with Gasteiger partial charge in [0.1, 0.15) is 0 Å². The molecule has 0 aliphatic carbocycles. The maximum absolute atomic E-state index is 11.9. The molecule has 0 saturated carbocycles. The zero-order valence-electron chi connectivity index (χ0n) is 15.0. The van der Waals surface area contributed by atoms with Crippen LogP contribution in [0.4, 0.5) is 4.39 Å². The molecule has 0 aromatic carbocycles. The van der Waals surface area contributed by atoms with Gasteiger partial charge in [0.05, 0.1) is 19.0 Å². The summed E-state index contributed by atoms with van der Waals surface area (Å²) in [5, 5.41) is 0. The van der Waals surface area contributed by atoms with Gasteiger partial charge >= 0.3 is 0 Å². The summed E-state index contributed by atoms with van der Waals surface area (Å²) in [6.45, 7) is 2.21. The summed E-state index contributed by atoms with van der Waals surface area (Å²) in [6.07, 6.45) is 13.4. The van der Waals surface area contributed by atoms with E-state index < -0.39 is 10.1 Å². The largest absolute Gasteiger partial charge is 0.344 e. The van der Waals surface area contributed by atoms with Crippen molar-refractivity contribution in [2.75, 3.05) is 19.0 Å². The zero-order chi connectivity index (χ0) is 16.5. The lowest BCUT2D eigenvalue weighted by atomic mass is 10.1. The van der Waals surface area contributed by atoms with Gasteiger partial charge in [0, 0.05) is 0 Å². The molecule has 0 bridgehead atoms. The lowest BCUT2D eigenvalue weighted by Gasteiger charge is -2.06. The van der Waals surface area contributed by atoms with Crippen LogP contribution in [-0.2, 0) is 14.3 Å². The van der Waals surface area contributed by atoms with Gasteiger partial charge in [-0.1, -0.05) is 71.1 Å². The van der Waals surface area contributed by atoms with Crippen LogP contribution in [0.5, 0.6) is 0 Å². The fraction of sp³-hybridized carbons (Fsp3) is 1.00. The molecular weight excluding hydrogens is 317 g/mol. The Hall–Kier alpha value is -0.200. The molecular formula is C17H38FNO3S. The van der Waals surface area contributed by atoms with Crippen molar-refractivity contribution >= 4 is 10.1 Å². The highest BCUT2D eigenvalue weighted by Crippen LogP contribution is 2.10. The Balaban J connectivity index is 0. The van der Waals surface area contributed by atoms with E-state index in [1.165, 1.54) is 44.9 Å². The van der Waals surface area contributed by atoms with E-state index in [0.717, 1.165) is 25.7 Å². The second-order valence-corrected chi connectivity index (χ2v) is 7.77. The standard InChI is InChI=1S/C17H35FO3S.H3N/c1-2-3-4-5-6-7-8-10-13-16-21-22(19,20)17-14-11-9-12-15-18;/h2-17H2,1H3;1H3. The Morgan fingerprint density at radius 1 is 0.739 bits per heavy atom. The van der Waals surface area contributed by atoms with Crippen LogP contribution in [0, 0.1) is 0 Å². The first-order chi connectivity index (χ1) is 10.6. The third-order valence-corrected chi connectivity index (χ3v) is 5.10. The SMILES string of the molecule is CCCCCCCCCCCOS(=O)(=O)CCCCCCF.N. The van der Waals surface area contributed by atoms with E-state index in [1.807, 2.05) is 0 Å². The van der Waals surface area contributed by atoms with Crippen LogP contribution in [0.1, 0.15) is 90.4 Å². The molecule has 6 heteroatoms. The minimum Gasteiger partial charge on any atom is -0.344 e. The van der Waals surface area contributed by atoms with Crippen molar-refractivity contribution in [3.05, 3.63) is 0 Å². The van der Waals surface area contributed by atoms with Crippen LogP contribution in [-0.4, -0.2) is 27.5 Å². The minimum absolute atomic E-state index is 0. The first-order valence-electron chi connectivity index (χ1n) is 9.05. The summed E-state index contributed by atoms with van der Waals surface area (Å²) in [6, 6.07) is 0. The number of unbranched alkanes of at least 4 members (excludes halogenated alkanes) is 11. The molecule has 0 atom stereocenters. The monoisotopic (exact) mass is 355 g/mol. The lowest BCUT2D eigenvalue weighted by molar-refractivity contribution is 0.305. The van der Waals surface area contributed by atoms with Crippen molar-refractivity contribution in [1.82, 2.24) is 6.15 Å². The van der Waals surface area contributed by atoms with Gasteiger partial charge in [0.2, 0.25) is 0 Å².